The summed E-state index contributed by atoms with van der Waals surface area (Å²) in [4.78, 5) is 16.4. The van der Waals surface area contributed by atoms with Crippen molar-refractivity contribution >= 4 is 12.1 Å². The van der Waals surface area contributed by atoms with Crippen LogP contribution in [0, 0.1) is 0 Å². The number of benzene rings is 1. The zero-order valence-corrected chi connectivity index (χ0v) is 13.9. The lowest BCUT2D eigenvalue weighted by molar-refractivity contribution is 0.141. The standard InChI is InChI=1S/C18H27N3O/c1-18(2,3)19-17(22)21-14-12-20(13-15-21)11-7-10-16-8-5-4-6-9-16/h4-10H,11-15H2,1-3H3,(H,19,22)/b10-7+. The number of urea groups is 1. The molecule has 1 heterocycles. The summed E-state index contributed by atoms with van der Waals surface area (Å²) in [5.41, 5.74) is 1.05. The van der Waals surface area contributed by atoms with Crippen molar-refractivity contribution in [3.63, 3.8) is 0 Å². The van der Waals surface area contributed by atoms with Gasteiger partial charge in [0.2, 0.25) is 0 Å². The van der Waals surface area contributed by atoms with Gasteiger partial charge in [0, 0.05) is 38.3 Å². The van der Waals surface area contributed by atoms with Gasteiger partial charge in [-0.1, -0.05) is 42.5 Å². The Kier molecular flexibility index (Phi) is 5.61. The summed E-state index contributed by atoms with van der Waals surface area (Å²) in [7, 11) is 0. The van der Waals surface area contributed by atoms with Crippen molar-refractivity contribution in [1.82, 2.24) is 15.1 Å². The molecule has 1 N–H and O–H groups in total. The van der Waals surface area contributed by atoms with Gasteiger partial charge in [0.25, 0.3) is 0 Å². The summed E-state index contributed by atoms with van der Waals surface area (Å²) in [6, 6.07) is 10.4. The van der Waals surface area contributed by atoms with E-state index in [4.69, 9.17) is 0 Å². The lowest BCUT2D eigenvalue weighted by Crippen LogP contribution is -2.55. The van der Waals surface area contributed by atoms with Gasteiger partial charge in [0.05, 0.1) is 0 Å². The molecule has 0 spiro atoms. The van der Waals surface area contributed by atoms with Crippen molar-refractivity contribution in [1.29, 1.82) is 0 Å². The number of nitrogens with one attached hydrogen (secondary N) is 1. The summed E-state index contributed by atoms with van der Waals surface area (Å²) < 4.78 is 0. The maximum atomic E-state index is 12.1. The van der Waals surface area contributed by atoms with Crippen molar-refractivity contribution in [2.24, 2.45) is 0 Å². The summed E-state index contributed by atoms with van der Waals surface area (Å²) >= 11 is 0. The SMILES string of the molecule is CC(C)(C)NC(=O)N1CCN(C/C=C/c2ccccc2)CC1. The van der Waals surface area contributed by atoms with Gasteiger partial charge in [-0.25, -0.2) is 4.79 Å². The van der Waals surface area contributed by atoms with Crippen LogP contribution >= 0.6 is 0 Å². The molecule has 120 valence electrons. The van der Waals surface area contributed by atoms with E-state index in [0.717, 1.165) is 32.7 Å². The monoisotopic (exact) mass is 301 g/mol. The second-order valence-electron chi connectivity index (χ2n) is 6.78. The number of carbonyl (C=O) groups is 1. The average molecular weight is 301 g/mol. The third-order valence-electron chi connectivity index (χ3n) is 3.61. The molecule has 0 saturated carbocycles. The smallest absolute Gasteiger partial charge is 0.317 e. The topological polar surface area (TPSA) is 35.6 Å². The van der Waals surface area contributed by atoms with Crippen molar-refractivity contribution in [3.8, 4) is 0 Å². The Morgan fingerprint density at radius 1 is 1.14 bits per heavy atom. The lowest BCUT2D eigenvalue weighted by Gasteiger charge is -2.35. The summed E-state index contributed by atoms with van der Waals surface area (Å²) in [6.45, 7) is 10.4. The lowest BCUT2D eigenvalue weighted by atomic mass is 10.1. The molecule has 4 heteroatoms. The Balaban J connectivity index is 1.73. The van der Waals surface area contributed by atoms with Gasteiger partial charge in [-0.05, 0) is 26.3 Å². The number of carbonyl (C=O) groups excluding carboxylic acids is 1. The van der Waals surface area contributed by atoms with Gasteiger partial charge in [-0.15, -0.1) is 0 Å². The van der Waals surface area contributed by atoms with E-state index in [-0.39, 0.29) is 11.6 Å². The molecule has 0 aromatic heterocycles. The number of hydrogen-bond acceptors (Lipinski definition) is 2. The van der Waals surface area contributed by atoms with Crippen molar-refractivity contribution in [3.05, 3.63) is 42.0 Å². The first kappa shape index (κ1) is 16.6. The molecule has 1 aliphatic rings. The predicted molar refractivity (Wildman–Crippen MR) is 91.8 cm³/mol. The molecular formula is C18H27N3O. The Morgan fingerprint density at radius 3 is 2.36 bits per heavy atom. The van der Waals surface area contributed by atoms with Crippen LogP contribution in [0.3, 0.4) is 0 Å². The van der Waals surface area contributed by atoms with Crippen LogP contribution in [0.15, 0.2) is 36.4 Å². The fourth-order valence-corrected chi connectivity index (χ4v) is 2.44. The van der Waals surface area contributed by atoms with Crippen molar-refractivity contribution < 1.29 is 4.79 Å². The van der Waals surface area contributed by atoms with Gasteiger partial charge in [0.15, 0.2) is 0 Å². The molecule has 2 rings (SSSR count). The molecule has 1 saturated heterocycles. The molecule has 1 aliphatic heterocycles. The van der Waals surface area contributed by atoms with Gasteiger partial charge >= 0.3 is 6.03 Å². The van der Waals surface area contributed by atoms with Gasteiger partial charge in [-0.2, -0.15) is 0 Å². The highest BCUT2D eigenvalue weighted by Crippen LogP contribution is 2.06. The van der Waals surface area contributed by atoms with E-state index in [2.05, 4.69) is 34.5 Å². The van der Waals surface area contributed by atoms with E-state index in [1.54, 1.807) is 0 Å². The fraction of sp³-hybridized carbons (Fsp3) is 0.500. The molecule has 1 fully saturated rings. The average Bonchev–Trinajstić information content (AvgIpc) is 2.47. The second kappa shape index (κ2) is 7.45. The van der Waals surface area contributed by atoms with Crippen LogP contribution in [0.5, 0.6) is 0 Å². The first-order chi connectivity index (χ1) is 10.4. The molecular weight excluding hydrogens is 274 g/mol. The first-order valence-electron chi connectivity index (χ1n) is 7.95. The maximum Gasteiger partial charge on any atom is 0.317 e. The third kappa shape index (κ3) is 5.53. The van der Waals surface area contributed by atoms with Crippen LogP contribution in [-0.2, 0) is 0 Å². The van der Waals surface area contributed by atoms with Crippen LogP contribution in [0.2, 0.25) is 0 Å². The molecule has 0 unspecified atom stereocenters. The van der Waals surface area contributed by atoms with Crippen molar-refractivity contribution in [2.75, 3.05) is 32.7 Å². The first-order valence-corrected chi connectivity index (χ1v) is 7.95. The molecule has 1 aromatic rings. The van der Waals surface area contributed by atoms with Gasteiger partial charge in [0.1, 0.15) is 0 Å². The van der Waals surface area contributed by atoms with Crippen LogP contribution < -0.4 is 5.32 Å². The highest BCUT2D eigenvalue weighted by Gasteiger charge is 2.23. The molecule has 4 nitrogen and oxygen atoms in total. The van der Waals surface area contributed by atoms with Crippen LogP contribution in [0.1, 0.15) is 26.3 Å². The number of hydrogen-bond donors (Lipinski definition) is 1. The largest absolute Gasteiger partial charge is 0.333 e. The summed E-state index contributed by atoms with van der Waals surface area (Å²) in [5.74, 6) is 0. The number of amides is 2. The van der Waals surface area contributed by atoms with E-state index < -0.39 is 0 Å². The van der Waals surface area contributed by atoms with Crippen LogP contribution in [-0.4, -0.2) is 54.1 Å². The molecule has 1 aromatic carbocycles. The van der Waals surface area contributed by atoms with Crippen molar-refractivity contribution in [2.45, 2.75) is 26.3 Å². The van der Waals surface area contributed by atoms with E-state index in [0.29, 0.717) is 0 Å². The zero-order valence-electron chi connectivity index (χ0n) is 13.9. The third-order valence-corrected chi connectivity index (χ3v) is 3.61. The predicted octanol–water partition coefficient (Wildman–Crippen LogP) is 2.83. The quantitative estimate of drug-likeness (QED) is 0.932. The minimum absolute atomic E-state index is 0.0481. The molecule has 0 atom stereocenters. The number of rotatable bonds is 3. The molecule has 0 aliphatic carbocycles. The molecule has 22 heavy (non-hydrogen) atoms. The van der Waals surface area contributed by atoms with E-state index in [9.17, 15) is 4.79 Å². The minimum Gasteiger partial charge on any atom is -0.333 e. The van der Waals surface area contributed by atoms with E-state index >= 15 is 0 Å². The highest BCUT2D eigenvalue weighted by molar-refractivity contribution is 5.75. The Bertz CT molecular complexity index is 497. The number of nitrogens with zero attached hydrogens (tertiary/aromatic N) is 2. The molecule has 0 radical (unpaired) electrons. The maximum absolute atomic E-state index is 12.1. The molecule has 2 amide bonds. The number of piperazine rings is 1. The fourth-order valence-electron chi connectivity index (χ4n) is 2.44. The minimum atomic E-state index is -0.174. The Hall–Kier alpha value is -1.81. The van der Waals surface area contributed by atoms with E-state index in [1.807, 2.05) is 43.9 Å². The Labute approximate surface area is 133 Å². The van der Waals surface area contributed by atoms with Crippen LogP contribution in [0.25, 0.3) is 6.08 Å². The highest BCUT2D eigenvalue weighted by atomic mass is 16.2. The van der Waals surface area contributed by atoms with Gasteiger partial charge in [-0.3, -0.25) is 4.90 Å². The van der Waals surface area contributed by atoms with E-state index in [1.165, 1.54) is 5.56 Å². The zero-order chi connectivity index (χ0) is 16.0. The van der Waals surface area contributed by atoms with Crippen LogP contribution in [0.4, 0.5) is 4.79 Å². The second-order valence-corrected chi connectivity index (χ2v) is 6.78. The summed E-state index contributed by atoms with van der Waals surface area (Å²) in [5, 5.41) is 3.02. The Morgan fingerprint density at radius 2 is 1.77 bits per heavy atom. The van der Waals surface area contributed by atoms with Gasteiger partial charge < -0.3 is 10.2 Å². The molecule has 0 bridgehead atoms. The normalized spacial score (nSPS) is 17.0. The summed E-state index contributed by atoms with van der Waals surface area (Å²) in [6.07, 6.45) is 4.35.